The van der Waals surface area contributed by atoms with Gasteiger partial charge < -0.3 is 19.3 Å². The lowest BCUT2D eigenvalue weighted by Crippen LogP contribution is -2.34. The molecule has 0 amide bonds. The topological polar surface area (TPSA) is 47.9 Å². The molecule has 30 heavy (non-hydrogen) atoms. The Morgan fingerprint density at radius 3 is 2.77 bits per heavy atom. The zero-order chi connectivity index (χ0) is 21.9. The fourth-order valence-corrected chi connectivity index (χ4v) is 4.18. The number of benzene rings is 1. The molecule has 1 aromatic carbocycles. The van der Waals surface area contributed by atoms with E-state index in [0.717, 1.165) is 48.5 Å². The smallest absolute Gasteiger partial charge is 0.129 e. The maximum atomic E-state index is 10.6. The molecule has 2 aliphatic heterocycles. The molecule has 0 aliphatic carbocycles. The quantitative estimate of drug-likeness (QED) is 0.436. The van der Waals surface area contributed by atoms with E-state index in [1.807, 2.05) is 26.0 Å². The molecule has 4 nitrogen and oxygen atoms in total. The monoisotopic (exact) mass is 412 g/mol. The molecule has 1 N–H and O–H groups in total. The molecule has 0 saturated carbocycles. The molecule has 1 atom stereocenters. The number of hydrogen-bond donors (Lipinski definition) is 1. The van der Waals surface area contributed by atoms with Gasteiger partial charge in [0.1, 0.15) is 22.9 Å². The standard InChI is InChI=1S/C26H36O4/c1-7-13-28-18(4)9-10-20(23(27)8-2)19-15-22-17(3)14-24-21(25(22)29-16-19)11-12-26(5,6)30-24/h8-10,14,19,27H,7,11-13,15-16H2,1-6H3/b18-9+,20-10-,23-8+. The van der Waals surface area contributed by atoms with Gasteiger partial charge in [-0.05, 0) is 89.6 Å². The first-order chi connectivity index (χ1) is 14.3. The number of fused-ring (bicyclic) bond motifs is 3. The summed E-state index contributed by atoms with van der Waals surface area (Å²) in [7, 11) is 0. The van der Waals surface area contributed by atoms with Gasteiger partial charge in [-0.3, -0.25) is 0 Å². The van der Waals surface area contributed by atoms with Crippen LogP contribution in [0.1, 0.15) is 64.2 Å². The predicted molar refractivity (Wildman–Crippen MR) is 121 cm³/mol. The lowest BCUT2D eigenvalue weighted by molar-refractivity contribution is 0.0823. The summed E-state index contributed by atoms with van der Waals surface area (Å²) >= 11 is 0. The molecule has 0 bridgehead atoms. The zero-order valence-electron chi connectivity index (χ0n) is 19.3. The minimum absolute atomic E-state index is 0.0848. The molecule has 2 aliphatic rings. The molecule has 164 valence electrons. The van der Waals surface area contributed by atoms with Crippen LogP contribution in [-0.4, -0.2) is 23.9 Å². The SMILES string of the molecule is C\C=C(O)/C(=C\C=C(/C)OCCC)C1COc2c(c(C)cc3c2CCC(C)(C)O3)C1. The second kappa shape index (κ2) is 9.20. The van der Waals surface area contributed by atoms with Crippen molar-refractivity contribution < 1.29 is 19.3 Å². The van der Waals surface area contributed by atoms with Crippen LogP contribution in [0.2, 0.25) is 0 Å². The number of aliphatic hydroxyl groups excluding tert-OH is 1. The maximum Gasteiger partial charge on any atom is 0.129 e. The largest absolute Gasteiger partial charge is 0.508 e. The molecular weight excluding hydrogens is 376 g/mol. The van der Waals surface area contributed by atoms with Crippen molar-refractivity contribution in [1.29, 1.82) is 0 Å². The van der Waals surface area contributed by atoms with Crippen molar-refractivity contribution in [3.8, 4) is 11.5 Å². The first-order valence-corrected chi connectivity index (χ1v) is 11.1. The average molecular weight is 413 g/mol. The van der Waals surface area contributed by atoms with E-state index in [4.69, 9.17) is 14.2 Å². The van der Waals surface area contributed by atoms with Gasteiger partial charge in [0.2, 0.25) is 0 Å². The van der Waals surface area contributed by atoms with E-state index in [1.165, 1.54) is 16.7 Å². The van der Waals surface area contributed by atoms with Gasteiger partial charge >= 0.3 is 0 Å². The van der Waals surface area contributed by atoms with Gasteiger partial charge in [-0.1, -0.05) is 13.0 Å². The van der Waals surface area contributed by atoms with Crippen molar-refractivity contribution in [2.45, 2.75) is 72.8 Å². The lowest BCUT2D eigenvalue weighted by atomic mass is 9.83. The molecule has 4 heteroatoms. The lowest BCUT2D eigenvalue weighted by Gasteiger charge is -2.36. The molecule has 2 heterocycles. The van der Waals surface area contributed by atoms with Gasteiger partial charge in [0, 0.05) is 17.1 Å². The van der Waals surface area contributed by atoms with Crippen LogP contribution in [-0.2, 0) is 17.6 Å². The van der Waals surface area contributed by atoms with Gasteiger partial charge in [-0.2, -0.15) is 0 Å². The summed E-state index contributed by atoms with van der Waals surface area (Å²) in [6.45, 7) is 13.5. The number of aliphatic hydroxyl groups is 1. The summed E-state index contributed by atoms with van der Waals surface area (Å²) in [6, 6.07) is 2.16. The Balaban J connectivity index is 1.90. The van der Waals surface area contributed by atoms with Crippen molar-refractivity contribution >= 4 is 0 Å². The van der Waals surface area contributed by atoms with E-state index in [1.54, 1.807) is 6.08 Å². The Hall–Kier alpha value is -2.36. The molecule has 1 aromatic rings. The minimum atomic E-state index is -0.136. The van der Waals surface area contributed by atoms with Crippen LogP contribution < -0.4 is 9.47 Å². The summed E-state index contributed by atoms with van der Waals surface area (Å²) in [5.74, 6) is 3.18. The molecule has 0 fully saturated rings. The highest BCUT2D eigenvalue weighted by molar-refractivity contribution is 5.56. The molecule has 0 spiro atoms. The predicted octanol–water partition coefficient (Wildman–Crippen LogP) is 6.37. The molecule has 1 unspecified atom stereocenters. The zero-order valence-corrected chi connectivity index (χ0v) is 19.3. The summed E-state index contributed by atoms with van der Waals surface area (Å²) in [6.07, 6.45) is 9.41. The first kappa shape index (κ1) is 22.3. The van der Waals surface area contributed by atoms with E-state index in [2.05, 4.69) is 33.8 Å². The second-order valence-electron chi connectivity index (χ2n) is 8.97. The van der Waals surface area contributed by atoms with Crippen LogP contribution in [0.3, 0.4) is 0 Å². The Morgan fingerprint density at radius 2 is 2.07 bits per heavy atom. The van der Waals surface area contributed by atoms with Gasteiger partial charge in [0.05, 0.1) is 19.0 Å². The third-order valence-electron chi connectivity index (χ3n) is 5.95. The number of rotatable bonds is 6. The van der Waals surface area contributed by atoms with Crippen molar-refractivity contribution in [3.05, 3.63) is 58.1 Å². The highest BCUT2D eigenvalue weighted by atomic mass is 16.5. The van der Waals surface area contributed by atoms with Crippen LogP contribution in [0, 0.1) is 12.8 Å². The Labute approximate surface area is 181 Å². The normalized spacial score (nSPS) is 21.3. The van der Waals surface area contributed by atoms with E-state index >= 15 is 0 Å². The molecule has 0 aromatic heterocycles. The minimum Gasteiger partial charge on any atom is -0.508 e. The van der Waals surface area contributed by atoms with Crippen molar-refractivity contribution in [3.63, 3.8) is 0 Å². The Morgan fingerprint density at radius 1 is 1.30 bits per heavy atom. The van der Waals surface area contributed by atoms with E-state index < -0.39 is 0 Å². The third-order valence-corrected chi connectivity index (χ3v) is 5.95. The molecule has 3 rings (SSSR count). The molecule has 0 saturated heterocycles. The van der Waals surface area contributed by atoms with Crippen molar-refractivity contribution in [2.24, 2.45) is 5.92 Å². The van der Waals surface area contributed by atoms with Crippen LogP contribution in [0.15, 0.2) is 41.4 Å². The number of aryl methyl sites for hydroxylation is 1. The Kier molecular flexibility index (Phi) is 6.84. The number of hydrogen-bond acceptors (Lipinski definition) is 4. The summed E-state index contributed by atoms with van der Waals surface area (Å²) < 4.78 is 18.2. The van der Waals surface area contributed by atoms with Crippen molar-refractivity contribution in [1.82, 2.24) is 0 Å². The third kappa shape index (κ3) is 4.85. The summed E-state index contributed by atoms with van der Waals surface area (Å²) in [5.41, 5.74) is 4.35. The molecular formula is C26H36O4. The maximum absolute atomic E-state index is 10.6. The van der Waals surface area contributed by atoms with E-state index in [-0.39, 0.29) is 11.5 Å². The first-order valence-electron chi connectivity index (χ1n) is 11.1. The van der Waals surface area contributed by atoms with Crippen molar-refractivity contribution in [2.75, 3.05) is 13.2 Å². The fourth-order valence-electron chi connectivity index (χ4n) is 4.18. The van der Waals surface area contributed by atoms with Crippen LogP contribution in [0.25, 0.3) is 0 Å². The summed E-state index contributed by atoms with van der Waals surface area (Å²) in [5, 5.41) is 10.6. The second-order valence-corrected chi connectivity index (χ2v) is 8.97. The van der Waals surface area contributed by atoms with Crippen LogP contribution >= 0.6 is 0 Å². The number of ether oxygens (including phenoxy) is 3. The highest BCUT2D eigenvalue weighted by Crippen LogP contribution is 2.45. The molecule has 0 radical (unpaired) electrons. The highest BCUT2D eigenvalue weighted by Gasteiger charge is 2.34. The van der Waals surface area contributed by atoms with Crippen LogP contribution in [0.4, 0.5) is 0 Å². The average Bonchev–Trinajstić information content (AvgIpc) is 2.71. The van der Waals surface area contributed by atoms with Gasteiger partial charge in [0.25, 0.3) is 0 Å². The number of allylic oxidation sites excluding steroid dienone is 5. The summed E-state index contributed by atoms with van der Waals surface area (Å²) in [4.78, 5) is 0. The fraction of sp³-hybridized carbons (Fsp3) is 0.538. The van der Waals surface area contributed by atoms with E-state index in [9.17, 15) is 5.11 Å². The van der Waals surface area contributed by atoms with E-state index in [0.29, 0.717) is 19.0 Å². The Bertz CT molecular complexity index is 874. The van der Waals surface area contributed by atoms with Gasteiger partial charge in [-0.15, -0.1) is 0 Å². The van der Waals surface area contributed by atoms with Crippen LogP contribution in [0.5, 0.6) is 11.5 Å². The van der Waals surface area contributed by atoms with Gasteiger partial charge in [0.15, 0.2) is 0 Å². The van der Waals surface area contributed by atoms with Gasteiger partial charge in [-0.25, -0.2) is 0 Å².